The highest BCUT2D eigenvalue weighted by Gasteiger charge is 2.30. The Hall–Kier alpha value is -2.94. The minimum absolute atomic E-state index is 0.426. The highest BCUT2D eigenvalue weighted by Crippen LogP contribution is 2.20. The maximum absolute atomic E-state index is 12.1. The first kappa shape index (κ1) is 19.4. The Kier molecular flexibility index (Phi) is 5.93. The molecule has 9 heteroatoms. The molecule has 4 N–H and O–H groups in total. The number of nitrogens with one attached hydrogen (secondary N) is 2. The number of rotatable bonds is 7. The van der Waals surface area contributed by atoms with Gasteiger partial charge in [0, 0.05) is 6.20 Å². The Labute approximate surface area is 151 Å². The Morgan fingerprint density at radius 2 is 2.12 bits per heavy atom. The Bertz CT molecular complexity index is 800. The first-order valence-corrected chi connectivity index (χ1v) is 8.25. The van der Waals surface area contributed by atoms with Crippen LogP contribution in [0.15, 0.2) is 24.5 Å². The topological polar surface area (TPSA) is 129 Å². The highest BCUT2D eigenvalue weighted by atomic mass is 16.4. The van der Waals surface area contributed by atoms with Gasteiger partial charge in [0.2, 0.25) is 0 Å². The standard InChI is InChI=1S/C17H23N5O4/c1-4-5-13-12(21-16(25)19-10-17(3,26)15(23)24)9-20-22(13)14-8-11(2)6-7-18-14/h6-9,26H,4-5,10H2,1-3H3,(H,23,24)(H2,19,21,25). The molecule has 0 aromatic carbocycles. The van der Waals surface area contributed by atoms with Gasteiger partial charge in [-0.15, -0.1) is 0 Å². The summed E-state index contributed by atoms with van der Waals surface area (Å²) in [6.45, 7) is 4.65. The zero-order valence-corrected chi connectivity index (χ0v) is 15.0. The molecule has 0 fully saturated rings. The van der Waals surface area contributed by atoms with Crippen molar-refractivity contribution in [2.75, 3.05) is 11.9 Å². The van der Waals surface area contributed by atoms with Crippen molar-refractivity contribution in [3.05, 3.63) is 35.8 Å². The van der Waals surface area contributed by atoms with E-state index in [0.29, 0.717) is 17.9 Å². The van der Waals surface area contributed by atoms with E-state index in [2.05, 4.69) is 20.7 Å². The summed E-state index contributed by atoms with van der Waals surface area (Å²) < 4.78 is 1.67. The minimum atomic E-state index is -2.04. The number of hydrogen-bond acceptors (Lipinski definition) is 5. The van der Waals surface area contributed by atoms with Crippen molar-refractivity contribution in [1.82, 2.24) is 20.1 Å². The number of nitrogens with zero attached hydrogens (tertiary/aromatic N) is 3. The molecule has 2 aromatic rings. The highest BCUT2D eigenvalue weighted by molar-refractivity contribution is 5.90. The SMILES string of the molecule is CCCc1c(NC(=O)NCC(C)(O)C(=O)O)cnn1-c1cc(C)ccn1. The van der Waals surface area contributed by atoms with Crippen molar-refractivity contribution in [2.24, 2.45) is 0 Å². The number of carbonyl (C=O) groups excluding carboxylic acids is 1. The van der Waals surface area contributed by atoms with Crippen LogP contribution >= 0.6 is 0 Å². The Morgan fingerprint density at radius 3 is 2.73 bits per heavy atom. The van der Waals surface area contributed by atoms with E-state index in [-0.39, 0.29) is 0 Å². The molecule has 2 heterocycles. The van der Waals surface area contributed by atoms with Gasteiger partial charge < -0.3 is 20.8 Å². The molecule has 0 saturated heterocycles. The number of hydrogen-bond donors (Lipinski definition) is 4. The summed E-state index contributed by atoms with van der Waals surface area (Å²) in [4.78, 5) is 27.2. The molecular formula is C17H23N5O4. The van der Waals surface area contributed by atoms with E-state index in [0.717, 1.165) is 24.6 Å². The van der Waals surface area contributed by atoms with Crippen LogP contribution in [0.3, 0.4) is 0 Å². The third-order valence-electron chi connectivity index (χ3n) is 3.78. The quantitative estimate of drug-likeness (QED) is 0.591. The van der Waals surface area contributed by atoms with E-state index in [4.69, 9.17) is 5.11 Å². The number of aryl methyl sites for hydroxylation is 1. The second kappa shape index (κ2) is 7.96. The van der Waals surface area contributed by atoms with Gasteiger partial charge in [0.25, 0.3) is 0 Å². The molecule has 0 aliphatic heterocycles. The van der Waals surface area contributed by atoms with Crippen molar-refractivity contribution >= 4 is 17.7 Å². The van der Waals surface area contributed by atoms with Gasteiger partial charge in [0.15, 0.2) is 11.4 Å². The molecule has 2 rings (SSSR count). The molecule has 1 atom stereocenters. The number of carbonyl (C=O) groups is 2. The number of aromatic nitrogens is 3. The average Bonchev–Trinajstić information content (AvgIpc) is 2.96. The van der Waals surface area contributed by atoms with Gasteiger partial charge in [-0.25, -0.2) is 19.3 Å². The Balaban J connectivity index is 2.17. The summed E-state index contributed by atoms with van der Waals surface area (Å²) in [5.41, 5.74) is 0.281. The number of carboxylic acids is 1. The molecule has 9 nitrogen and oxygen atoms in total. The predicted octanol–water partition coefficient (Wildman–Crippen LogP) is 1.49. The monoisotopic (exact) mass is 361 g/mol. The number of aliphatic carboxylic acids is 1. The van der Waals surface area contributed by atoms with Crippen molar-refractivity contribution < 1.29 is 19.8 Å². The van der Waals surface area contributed by atoms with Crippen molar-refractivity contribution in [3.8, 4) is 5.82 Å². The van der Waals surface area contributed by atoms with Crippen LogP contribution in [0.2, 0.25) is 0 Å². The number of urea groups is 1. The summed E-state index contributed by atoms with van der Waals surface area (Å²) in [5.74, 6) is -0.765. The van der Waals surface area contributed by atoms with Gasteiger partial charge in [-0.05, 0) is 38.0 Å². The molecule has 0 aliphatic carbocycles. The molecule has 0 spiro atoms. The molecule has 2 aromatic heterocycles. The number of pyridine rings is 1. The van der Waals surface area contributed by atoms with E-state index >= 15 is 0 Å². The van der Waals surface area contributed by atoms with Crippen LogP contribution in [0.1, 0.15) is 31.5 Å². The van der Waals surface area contributed by atoms with Crippen LogP contribution in [0.4, 0.5) is 10.5 Å². The molecule has 0 saturated carbocycles. The maximum atomic E-state index is 12.1. The summed E-state index contributed by atoms with van der Waals surface area (Å²) in [7, 11) is 0. The number of aliphatic hydroxyl groups is 1. The molecule has 0 bridgehead atoms. The summed E-state index contributed by atoms with van der Waals surface area (Å²) in [5, 5.41) is 27.8. The van der Waals surface area contributed by atoms with E-state index in [1.165, 1.54) is 6.20 Å². The van der Waals surface area contributed by atoms with Gasteiger partial charge in [-0.3, -0.25) is 0 Å². The van der Waals surface area contributed by atoms with Crippen LogP contribution in [0, 0.1) is 6.92 Å². The van der Waals surface area contributed by atoms with E-state index in [1.807, 2.05) is 26.0 Å². The number of anilines is 1. The van der Waals surface area contributed by atoms with E-state index in [9.17, 15) is 14.7 Å². The first-order valence-electron chi connectivity index (χ1n) is 8.25. The zero-order chi connectivity index (χ0) is 19.3. The molecule has 2 amide bonds. The zero-order valence-electron chi connectivity index (χ0n) is 15.0. The second-order valence-corrected chi connectivity index (χ2v) is 6.24. The molecule has 0 radical (unpaired) electrons. The smallest absolute Gasteiger partial charge is 0.337 e. The number of amides is 2. The van der Waals surface area contributed by atoms with Crippen molar-refractivity contribution in [1.29, 1.82) is 0 Å². The van der Waals surface area contributed by atoms with Crippen LogP contribution in [-0.2, 0) is 11.2 Å². The van der Waals surface area contributed by atoms with Crippen LogP contribution in [-0.4, -0.2) is 49.1 Å². The lowest BCUT2D eigenvalue weighted by atomic mass is 10.1. The maximum Gasteiger partial charge on any atom is 0.337 e. The van der Waals surface area contributed by atoms with Crippen LogP contribution in [0.5, 0.6) is 0 Å². The molecular weight excluding hydrogens is 338 g/mol. The third kappa shape index (κ3) is 4.57. The fraction of sp³-hybridized carbons (Fsp3) is 0.412. The normalized spacial score (nSPS) is 13.1. The van der Waals surface area contributed by atoms with Crippen LogP contribution < -0.4 is 10.6 Å². The molecule has 26 heavy (non-hydrogen) atoms. The van der Waals surface area contributed by atoms with E-state index in [1.54, 1.807) is 10.9 Å². The minimum Gasteiger partial charge on any atom is -0.479 e. The predicted molar refractivity (Wildman–Crippen MR) is 95.4 cm³/mol. The van der Waals surface area contributed by atoms with Crippen molar-refractivity contribution in [2.45, 2.75) is 39.2 Å². The fourth-order valence-electron chi connectivity index (χ4n) is 2.28. The summed E-state index contributed by atoms with van der Waals surface area (Å²) in [6.07, 6.45) is 4.71. The fourth-order valence-corrected chi connectivity index (χ4v) is 2.28. The van der Waals surface area contributed by atoms with Gasteiger partial charge in [0.05, 0.1) is 24.1 Å². The summed E-state index contributed by atoms with van der Waals surface area (Å²) in [6, 6.07) is 3.15. The molecule has 140 valence electrons. The summed E-state index contributed by atoms with van der Waals surface area (Å²) >= 11 is 0. The lowest BCUT2D eigenvalue weighted by molar-refractivity contribution is -0.155. The van der Waals surface area contributed by atoms with Crippen molar-refractivity contribution in [3.63, 3.8) is 0 Å². The van der Waals surface area contributed by atoms with Gasteiger partial charge >= 0.3 is 12.0 Å². The lowest BCUT2D eigenvalue weighted by Crippen LogP contribution is -2.47. The van der Waals surface area contributed by atoms with Gasteiger partial charge in [0.1, 0.15) is 0 Å². The molecule has 1 unspecified atom stereocenters. The first-order chi connectivity index (χ1) is 12.2. The molecule has 0 aliphatic rings. The van der Waals surface area contributed by atoms with Crippen LogP contribution in [0.25, 0.3) is 5.82 Å². The Morgan fingerprint density at radius 1 is 1.38 bits per heavy atom. The largest absolute Gasteiger partial charge is 0.479 e. The van der Waals surface area contributed by atoms with Gasteiger partial charge in [-0.2, -0.15) is 5.10 Å². The van der Waals surface area contributed by atoms with Gasteiger partial charge in [-0.1, -0.05) is 13.3 Å². The van der Waals surface area contributed by atoms with E-state index < -0.39 is 24.1 Å². The number of carboxylic acid groups (broad SMARTS) is 1. The average molecular weight is 361 g/mol. The lowest BCUT2D eigenvalue weighted by Gasteiger charge is -2.18. The third-order valence-corrected chi connectivity index (χ3v) is 3.78. The second-order valence-electron chi connectivity index (χ2n) is 6.24.